The molecule has 0 aliphatic rings. The molecule has 0 radical (unpaired) electrons. The molecule has 10 heteroatoms. The van der Waals surface area contributed by atoms with E-state index >= 15 is 0 Å². The quantitative estimate of drug-likeness (QED) is 0.0642. The van der Waals surface area contributed by atoms with E-state index in [1.807, 2.05) is 48.5 Å². The van der Waals surface area contributed by atoms with Crippen molar-refractivity contribution in [2.75, 3.05) is 9.80 Å². The fourth-order valence-corrected chi connectivity index (χ4v) is 6.89. The molecule has 4 N–H and O–H groups in total. The first kappa shape index (κ1) is 45.3. The summed E-state index contributed by atoms with van der Waals surface area (Å²) in [4.78, 5) is 56.3. The van der Waals surface area contributed by atoms with Crippen LogP contribution in [0.4, 0.5) is 11.4 Å². The van der Waals surface area contributed by atoms with Crippen molar-refractivity contribution in [1.82, 2.24) is 0 Å². The van der Waals surface area contributed by atoms with Crippen LogP contribution >= 0.6 is 0 Å². The van der Waals surface area contributed by atoms with Gasteiger partial charge in [0.05, 0.1) is 0 Å². The highest BCUT2D eigenvalue weighted by atomic mass is 16.3. The molecule has 0 aromatic heterocycles. The maximum atomic E-state index is 13.0. The Hall–Kier alpha value is -5.78. The number of carbonyl (C=O) groups excluding carboxylic acids is 4. The van der Waals surface area contributed by atoms with Gasteiger partial charge in [0.25, 0.3) is 0 Å². The predicted molar refractivity (Wildman–Crippen MR) is 234 cm³/mol. The lowest BCUT2D eigenvalue weighted by Crippen LogP contribution is -2.31. The van der Waals surface area contributed by atoms with Crippen LogP contribution in [0, 0.1) is 0 Å². The summed E-state index contributed by atoms with van der Waals surface area (Å²) in [5.41, 5.74) is 0.254. The molecule has 0 saturated carbocycles. The topological polar surface area (TPSA) is 156 Å². The van der Waals surface area contributed by atoms with Crippen molar-refractivity contribution in [3.8, 4) is 0 Å². The molecule has 0 aliphatic heterocycles. The van der Waals surface area contributed by atoms with Crippen molar-refractivity contribution in [2.45, 2.75) is 104 Å². The highest BCUT2D eigenvalue weighted by molar-refractivity contribution is 6.03. The molecule has 5 aromatic rings. The molecular formula is C50H56N2O8. The molecule has 0 fully saturated rings. The number of benzene rings is 5. The number of anilines is 2. The summed E-state index contributed by atoms with van der Waals surface area (Å²) in [5, 5.41) is 41.8. The first-order valence-corrected chi connectivity index (χ1v) is 19.9. The van der Waals surface area contributed by atoms with Crippen LogP contribution in [0.15, 0.2) is 121 Å². The standard InChI is InChI=1S/C50H56N2O8/c1-47(2,57)43(53)37-17-9-13-33(25-37)29-51(30-34-14-10-18-38(26-34)44(54)48(3,4)58)41-21-23-42(24-22-41)52(31-35-15-11-19-39(27-35)45(55)49(5,6)59)32-36-16-12-20-40(28-36)46(56)50(7,8)60/h9-28,57-60H,29-32H2,1-8H3. The second kappa shape index (κ2) is 17.8. The summed E-state index contributed by atoms with van der Waals surface area (Å²) in [6, 6.07) is 36.4. The Morgan fingerprint density at radius 3 is 0.750 bits per heavy atom. The normalized spacial score (nSPS) is 12.2. The van der Waals surface area contributed by atoms with E-state index in [1.54, 1.807) is 72.8 Å². The van der Waals surface area contributed by atoms with Crippen LogP contribution in [0.1, 0.15) is 119 Å². The van der Waals surface area contributed by atoms with Crippen molar-refractivity contribution in [2.24, 2.45) is 0 Å². The molecule has 0 unspecified atom stereocenters. The second-order valence-electron chi connectivity index (χ2n) is 17.6. The fourth-order valence-electron chi connectivity index (χ4n) is 6.89. The van der Waals surface area contributed by atoms with Crippen molar-refractivity contribution in [1.29, 1.82) is 0 Å². The third-order valence-corrected chi connectivity index (χ3v) is 10.1. The molecule has 0 heterocycles. The fraction of sp³-hybridized carbons (Fsp3) is 0.320. The molecule has 0 saturated heterocycles. The largest absolute Gasteiger partial charge is 0.382 e. The van der Waals surface area contributed by atoms with Gasteiger partial charge in [-0.2, -0.15) is 0 Å². The number of rotatable bonds is 18. The van der Waals surface area contributed by atoms with Crippen LogP contribution < -0.4 is 9.80 Å². The summed E-state index contributed by atoms with van der Waals surface area (Å²) in [7, 11) is 0. The van der Waals surface area contributed by atoms with E-state index in [4.69, 9.17) is 0 Å². The van der Waals surface area contributed by atoms with Crippen molar-refractivity contribution >= 4 is 34.5 Å². The molecule has 0 spiro atoms. The van der Waals surface area contributed by atoms with Crippen molar-refractivity contribution in [3.63, 3.8) is 0 Å². The molecular weight excluding hydrogens is 757 g/mol. The molecule has 0 atom stereocenters. The Balaban J connectivity index is 1.54. The van der Waals surface area contributed by atoms with E-state index in [-0.39, 0.29) is 0 Å². The van der Waals surface area contributed by atoms with Crippen LogP contribution in [0.25, 0.3) is 0 Å². The minimum Gasteiger partial charge on any atom is -0.382 e. The maximum Gasteiger partial charge on any atom is 0.193 e. The van der Waals surface area contributed by atoms with Gasteiger partial charge in [-0.15, -0.1) is 0 Å². The van der Waals surface area contributed by atoms with Crippen LogP contribution in [0.3, 0.4) is 0 Å². The molecule has 10 nitrogen and oxygen atoms in total. The van der Waals surface area contributed by atoms with E-state index in [2.05, 4.69) is 9.80 Å². The van der Waals surface area contributed by atoms with Gasteiger partial charge in [0.15, 0.2) is 23.1 Å². The number of aliphatic hydroxyl groups is 4. The lowest BCUT2D eigenvalue weighted by Gasteiger charge is -2.29. The Bertz CT molecular complexity index is 2050. The zero-order chi connectivity index (χ0) is 44.2. The number of nitrogens with zero attached hydrogens (tertiary/aromatic N) is 2. The van der Waals surface area contributed by atoms with Gasteiger partial charge < -0.3 is 30.2 Å². The summed E-state index contributed by atoms with van der Waals surface area (Å²) in [5.74, 6) is -1.60. The zero-order valence-electron chi connectivity index (χ0n) is 35.7. The van der Waals surface area contributed by atoms with E-state index in [0.717, 1.165) is 33.6 Å². The summed E-state index contributed by atoms with van der Waals surface area (Å²) < 4.78 is 0. The summed E-state index contributed by atoms with van der Waals surface area (Å²) in [6.07, 6.45) is 0. The minimum absolute atomic E-state index is 0.365. The zero-order valence-corrected chi connectivity index (χ0v) is 35.7. The number of Topliss-reactive ketones (excluding diaryl/α,β-unsaturated/α-hetero) is 4. The average Bonchev–Trinajstić information content (AvgIpc) is 3.18. The van der Waals surface area contributed by atoms with Gasteiger partial charge in [-0.1, -0.05) is 72.8 Å². The summed E-state index contributed by atoms with van der Waals surface area (Å²) >= 11 is 0. The van der Waals surface area contributed by atoms with Crippen molar-refractivity contribution in [3.05, 3.63) is 166 Å². The Morgan fingerprint density at radius 2 is 0.567 bits per heavy atom. The van der Waals surface area contributed by atoms with Gasteiger partial charge in [-0.25, -0.2) is 0 Å². The second-order valence-corrected chi connectivity index (χ2v) is 17.6. The Morgan fingerprint density at radius 1 is 0.367 bits per heavy atom. The molecule has 0 aliphatic carbocycles. The van der Waals surface area contributed by atoms with E-state index < -0.39 is 45.5 Å². The van der Waals surface area contributed by atoms with Crippen molar-refractivity contribution < 1.29 is 39.6 Å². The van der Waals surface area contributed by atoms with Crippen LogP contribution in [0.5, 0.6) is 0 Å². The van der Waals surface area contributed by atoms with Gasteiger partial charge in [-0.05, 0) is 126 Å². The lowest BCUT2D eigenvalue weighted by atomic mass is 9.95. The van der Waals surface area contributed by atoms with Gasteiger partial charge >= 0.3 is 0 Å². The number of ketones is 4. The predicted octanol–water partition coefficient (Wildman–Crippen LogP) is 7.91. The highest BCUT2D eigenvalue weighted by Gasteiger charge is 2.29. The SMILES string of the molecule is CC(C)(O)C(=O)c1cccc(CN(Cc2cccc(C(=O)C(C)(C)O)c2)c2ccc(N(Cc3cccc(C(=O)C(C)(C)O)c3)Cc3cccc(C(=O)C(C)(C)O)c3)cc2)c1. The van der Waals surface area contributed by atoms with Gasteiger partial charge in [0.2, 0.25) is 0 Å². The van der Waals surface area contributed by atoms with Gasteiger partial charge in [-0.3, -0.25) is 19.2 Å². The Kier molecular flexibility index (Phi) is 13.5. The van der Waals surface area contributed by atoms with Crippen LogP contribution in [-0.4, -0.2) is 66.0 Å². The van der Waals surface area contributed by atoms with E-state index in [1.165, 1.54) is 55.4 Å². The minimum atomic E-state index is -1.55. The third-order valence-electron chi connectivity index (χ3n) is 10.1. The first-order chi connectivity index (χ1) is 27.9. The first-order valence-electron chi connectivity index (χ1n) is 19.9. The smallest absolute Gasteiger partial charge is 0.193 e. The van der Waals surface area contributed by atoms with E-state index in [0.29, 0.717) is 48.4 Å². The van der Waals surface area contributed by atoms with Gasteiger partial charge in [0.1, 0.15) is 22.4 Å². The molecule has 5 aromatic carbocycles. The van der Waals surface area contributed by atoms with Gasteiger partial charge in [0, 0.05) is 59.8 Å². The van der Waals surface area contributed by atoms with Crippen LogP contribution in [0.2, 0.25) is 0 Å². The Labute approximate surface area is 352 Å². The third kappa shape index (κ3) is 11.7. The molecule has 0 amide bonds. The summed E-state index contributed by atoms with van der Waals surface area (Å²) in [6.45, 7) is 13.1. The van der Waals surface area contributed by atoms with Crippen LogP contribution in [-0.2, 0) is 26.2 Å². The highest BCUT2D eigenvalue weighted by Crippen LogP contribution is 2.29. The van der Waals surface area contributed by atoms with E-state index in [9.17, 15) is 39.6 Å². The number of carbonyl (C=O) groups is 4. The molecule has 0 bridgehead atoms. The molecule has 314 valence electrons. The lowest BCUT2D eigenvalue weighted by molar-refractivity contribution is 0.0487. The monoisotopic (exact) mass is 812 g/mol. The molecule has 5 rings (SSSR count). The molecule has 60 heavy (non-hydrogen) atoms. The average molecular weight is 813 g/mol. The number of hydrogen-bond acceptors (Lipinski definition) is 10. The number of hydrogen-bond donors (Lipinski definition) is 4. The maximum absolute atomic E-state index is 13.0.